The quantitative estimate of drug-likeness (QED) is 0.392. The molecule has 38 heavy (non-hydrogen) atoms. The monoisotopic (exact) mass is 551 g/mol. The van der Waals surface area contributed by atoms with Crippen LogP contribution in [0.1, 0.15) is 24.6 Å². The van der Waals surface area contributed by atoms with Crippen LogP contribution in [-0.2, 0) is 21.9 Å². The number of fused-ring (bicyclic) bond motifs is 3. The van der Waals surface area contributed by atoms with Gasteiger partial charge in [0.1, 0.15) is 12.2 Å². The van der Waals surface area contributed by atoms with Crippen molar-refractivity contribution < 1.29 is 40.6 Å². The van der Waals surface area contributed by atoms with E-state index >= 15 is 0 Å². The van der Waals surface area contributed by atoms with E-state index in [0.29, 0.717) is 19.3 Å². The molecule has 0 bridgehead atoms. The number of carbonyl (C=O) groups excluding carboxylic acids is 1. The van der Waals surface area contributed by atoms with E-state index in [2.05, 4.69) is 20.4 Å². The molecule has 2 aromatic rings. The van der Waals surface area contributed by atoms with Gasteiger partial charge in [0.05, 0.1) is 43.8 Å². The highest BCUT2D eigenvalue weighted by molar-refractivity contribution is 5.76. The summed E-state index contributed by atoms with van der Waals surface area (Å²) in [6, 6.07) is -0.946. The van der Waals surface area contributed by atoms with Gasteiger partial charge in [0.15, 0.2) is 11.5 Å². The number of carbonyl (C=O) groups is 1. The molecule has 2 N–H and O–H groups in total. The first-order valence-corrected chi connectivity index (χ1v) is 11.4. The maximum Gasteiger partial charge on any atom is 0.435 e. The van der Waals surface area contributed by atoms with E-state index in [9.17, 15) is 35.9 Å². The first-order chi connectivity index (χ1) is 17.8. The van der Waals surface area contributed by atoms with Crippen molar-refractivity contribution >= 4 is 17.4 Å². The molecule has 1 saturated heterocycles. The molecular weight excluding hydrogens is 528 g/mol. The number of halogens is 6. The Morgan fingerprint density at radius 2 is 2.00 bits per heavy atom. The molecule has 0 aliphatic carbocycles. The summed E-state index contributed by atoms with van der Waals surface area (Å²) >= 11 is 0. The molecule has 2 aliphatic rings. The van der Waals surface area contributed by atoms with Crippen molar-refractivity contribution in [1.82, 2.24) is 25.1 Å². The lowest BCUT2D eigenvalue weighted by atomic mass is 10.1. The summed E-state index contributed by atoms with van der Waals surface area (Å²) in [7, 11) is 0. The summed E-state index contributed by atoms with van der Waals surface area (Å²) in [4.78, 5) is 34.9. The predicted octanol–water partition coefficient (Wildman–Crippen LogP) is 1.91. The number of hydrogen-bond donors (Lipinski definition) is 2. The van der Waals surface area contributed by atoms with Gasteiger partial charge in [-0.3, -0.25) is 9.59 Å². The zero-order valence-corrected chi connectivity index (χ0v) is 19.9. The second kappa shape index (κ2) is 10.6. The molecule has 2 atom stereocenters. The summed E-state index contributed by atoms with van der Waals surface area (Å²) in [5.74, 6) is -0.242. The third kappa shape index (κ3) is 6.08. The number of H-pyrrole nitrogens is 1. The van der Waals surface area contributed by atoms with Gasteiger partial charge in [0.2, 0.25) is 5.91 Å². The number of piperazine rings is 1. The van der Waals surface area contributed by atoms with E-state index in [-0.39, 0.29) is 56.4 Å². The Bertz CT molecular complexity index is 1220. The van der Waals surface area contributed by atoms with E-state index in [1.165, 1.54) is 0 Å². The van der Waals surface area contributed by atoms with Crippen LogP contribution >= 0.6 is 0 Å². The van der Waals surface area contributed by atoms with Crippen LogP contribution in [0, 0.1) is 0 Å². The average molecular weight is 551 g/mol. The fourth-order valence-electron chi connectivity index (χ4n) is 4.15. The largest absolute Gasteiger partial charge is 0.473 e. The number of rotatable bonds is 7. The molecule has 4 rings (SSSR count). The van der Waals surface area contributed by atoms with Crippen LogP contribution in [0.25, 0.3) is 0 Å². The highest BCUT2D eigenvalue weighted by atomic mass is 19.4. The lowest BCUT2D eigenvalue weighted by Crippen LogP contribution is -2.58. The van der Waals surface area contributed by atoms with E-state index in [4.69, 9.17) is 9.47 Å². The van der Waals surface area contributed by atoms with Crippen LogP contribution in [0.3, 0.4) is 0 Å². The van der Waals surface area contributed by atoms with Gasteiger partial charge in [-0.1, -0.05) is 0 Å². The number of nitrogens with zero attached hydrogens (tertiary/aromatic N) is 5. The lowest BCUT2D eigenvalue weighted by Gasteiger charge is -2.44. The second-order valence-corrected chi connectivity index (χ2v) is 8.74. The van der Waals surface area contributed by atoms with Crippen molar-refractivity contribution in [2.45, 2.75) is 37.8 Å². The van der Waals surface area contributed by atoms with Crippen molar-refractivity contribution in [3.05, 3.63) is 34.0 Å². The Balaban J connectivity index is 1.24. The van der Waals surface area contributed by atoms with E-state index in [1.807, 2.05) is 0 Å². The number of amides is 1. The third-order valence-electron chi connectivity index (χ3n) is 5.90. The van der Waals surface area contributed by atoms with Crippen molar-refractivity contribution in [2.75, 3.05) is 49.7 Å². The molecule has 4 heterocycles. The van der Waals surface area contributed by atoms with Gasteiger partial charge >= 0.3 is 12.4 Å². The van der Waals surface area contributed by atoms with E-state index in [1.54, 1.807) is 21.8 Å². The van der Waals surface area contributed by atoms with E-state index < -0.39 is 40.9 Å². The maximum absolute atomic E-state index is 13.1. The van der Waals surface area contributed by atoms with Crippen LogP contribution in [0.5, 0.6) is 5.88 Å². The fourth-order valence-corrected chi connectivity index (χ4v) is 4.15. The number of aromatic nitrogens is 4. The molecule has 0 unspecified atom stereocenters. The Morgan fingerprint density at radius 3 is 2.71 bits per heavy atom. The zero-order chi connectivity index (χ0) is 27.7. The standard InChI is InChI=1S/C21H23F6N7O4/c1-11(30-13-6-29-32-18(36)16(13)21(25,26)27)9-37-5-2-15(35)33-3-4-34-12(8-33)10-38-19-17(34)28-7-14(31-19)20(22,23)24/h6-7,11-12H,2-5,8-10H2,1H3,(H2,30,32,36)/t11-,12+/m0/s1. The van der Waals surface area contributed by atoms with Crippen LogP contribution in [0.15, 0.2) is 17.2 Å². The predicted molar refractivity (Wildman–Crippen MR) is 119 cm³/mol. The lowest BCUT2D eigenvalue weighted by molar-refractivity contribution is -0.142. The molecule has 0 saturated carbocycles. The minimum Gasteiger partial charge on any atom is -0.473 e. The minimum atomic E-state index is -4.88. The van der Waals surface area contributed by atoms with Gasteiger partial charge in [0.25, 0.3) is 11.4 Å². The van der Waals surface area contributed by atoms with Crippen molar-refractivity contribution in [1.29, 1.82) is 0 Å². The first kappa shape index (κ1) is 27.4. The number of anilines is 2. The molecule has 2 aromatic heterocycles. The topological polar surface area (TPSA) is 126 Å². The molecule has 2 aliphatic heterocycles. The summed E-state index contributed by atoms with van der Waals surface area (Å²) < 4.78 is 88.9. The van der Waals surface area contributed by atoms with Gasteiger partial charge in [-0.2, -0.15) is 31.4 Å². The molecule has 1 amide bonds. The molecular formula is C21H23F6N7O4. The first-order valence-electron chi connectivity index (χ1n) is 11.4. The van der Waals surface area contributed by atoms with Crippen LogP contribution in [-0.4, -0.2) is 82.5 Å². The molecule has 0 spiro atoms. The highest BCUT2D eigenvalue weighted by Crippen LogP contribution is 2.36. The summed E-state index contributed by atoms with van der Waals surface area (Å²) in [5, 5.41) is 7.68. The van der Waals surface area contributed by atoms with Gasteiger partial charge in [0, 0.05) is 25.7 Å². The third-order valence-corrected chi connectivity index (χ3v) is 5.90. The van der Waals surface area contributed by atoms with E-state index in [0.717, 1.165) is 6.20 Å². The maximum atomic E-state index is 13.1. The Hall–Kier alpha value is -3.63. The van der Waals surface area contributed by atoms with Gasteiger partial charge < -0.3 is 24.6 Å². The fraction of sp³-hybridized carbons (Fsp3) is 0.571. The normalized spacial score (nSPS) is 18.3. The molecule has 1 fully saturated rings. The summed E-state index contributed by atoms with van der Waals surface area (Å²) in [6.45, 7) is 2.41. The Kier molecular flexibility index (Phi) is 7.66. The molecule has 0 radical (unpaired) electrons. The average Bonchev–Trinajstić information content (AvgIpc) is 2.84. The number of hydrogen-bond acceptors (Lipinski definition) is 9. The van der Waals surface area contributed by atoms with Crippen LogP contribution in [0.2, 0.25) is 0 Å². The van der Waals surface area contributed by atoms with Crippen molar-refractivity contribution in [3.8, 4) is 5.88 Å². The summed E-state index contributed by atoms with van der Waals surface area (Å²) in [6.07, 6.45) is -8.01. The Labute approximate surface area is 211 Å². The molecule has 208 valence electrons. The Morgan fingerprint density at radius 1 is 1.24 bits per heavy atom. The zero-order valence-electron chi connectivity index (χ0n) is 19.9. The smallest absolute Gasteiger partial charge is 0.435 e. The number of alkyl halides is 6. The van der Waals surface area contributed by atoms with Gasteiger partial charge in [-0.05, 0) is 6.92 Å². The van der Waals surface area contributed by atoms with Crippen molar-refractivity contribution in [2.24, 2.45) is 0 Å². The van der Waals surface area contributed by atoms with Gasteiger partial charge in [-0.15, -0.1) is 0 Å². The van der Waals surface area contributed by atoms with Crippen LogP contribution in [0.4, 0.5) is 37.8 Å². The summed E-state index contributed by atoms with van der Waals surface area (Å²) in [5.41, 5.74) is -4.40. The number of aromatic amines is 1. The minimum absolute atomic E-state index is 0.000509. The highest BCUT2D eigenvalue weighted by Gasteiger charge is 2.40. The number of ether oxygens (including phenoxy) is 2. The van der Waals surface area contributed by atoms with Gasteiger partial charge in [-0.25, -0.2) is 15.1 Å². The molecule has 11 nitrogen and oxygen atoms in total. The van der Waals surface area contributed by atoms with Crippen LogP contribution < -0.4 is 20.5 Å². The second-order valence-electron chi connectivity index (χ2n) is 8.74. The molecule has 17 heteroatoms. The van der Waals surface area contributed by atoms with Crippen molar-refractivity contribution in [3.63, 3.8) is 0 Å². The molecule has 0 aromatic carbocycles. The SMILES string of the molecule is C[C@@H](COCCC(=O)N1CCN2c3ncc(C(F)(F)F)nc3OC[C@H]2C1)Nc1cn[nH]c(=O)c1C(F)(F)F. The number of nitrogens with one attached hydrogen (secondary N) is 2.